The third-order valence-corrected chi connectivity index (χ3v) is 5.36. The summed E-state index contributed by atoms with van der Waals surface area (Å²) in [6, 6.07) is 7.87. The highest BCUT2D eigenvalue weighted by molar-refractivity contribution is 9.10. The van der Waals surface area contributed by atoms with E-state index in [1.807, 2.05) is 78.8 Å². The first kappa shape index (κ1) is 22.0. The fraction of sp³-hybridized carbons (Fsp3) is 0.550. The van der Waals surface area contributed by atoms with Crippen molar-refractivity contribution in [3.8, 4) is 0 Å². The highest BCUT2D eigenvalue weighted by Crippen LogP contribution is 2.39. The van der Waals surface area contributed by atoms with Gasteiger partial charge in [-0.3, -0.25) is 0 Å². The SMILES string of the molecule is CC(C)(C)OC(=O)NCC(=Cc1ccccc1Br)B1OC(C)(C)C(C)(C)O1. The molecule has 1 amide bonds. The number of hydrogen-bond donors (Lipinski definition) is 1. The Kier molecular flexibility index (Phi) is 6.50. The number of alkyl carbamates (subject to hydrolysis) is 1. The Labute approximate surface area is 171 Å². The molecule has 2 rings (SSSR count). The molecule has 0 bridgehead atoms. The Morgan fingerprint density at radius 3 is 2.26 bits per heavy atom. The summed E-state index contributed by atoms with van der Waals surface area (Å²) < 4.78 is 18.6. The number of halogens is 1. The van der Waals surface area contributed by atoms with Crippen molar-refractivity contribution >= 4 is 35.2 Å². The van der Waals surface area contributed by atoms with Gasteiger partial charge in [-0.05, 0) is 65.6 Å². The standard InChI is InChI=1S/C20H29BBrNO4/c1-18(2,3)25-17(24)23-13-15(12-14-10-8-9-11-16(14)22)21-26-19(4,5)20(6,7)27-21/h8-12H,13H2,1-7H3,(H,23,24). The lowest BCUT2D eigenvalue weighted by atomic mass is 9.77. The number of benzene rings is 1. The van der Waals surface area contributed by atoms with Gasteiger partial charge in [-0.1, -0.05) is 40.2 Å². The highest BCUT2D eigenvalue weighted by atomic mass is 79.9. The van der Waals surface area contributed by atoms with Crippen molar-refractivity contribution in [1.29, 1.82) is 0 Å². The Bertz CT molecular complexity index is 709. The second-order valence-corrected chi connectivity index (χ2v) is 9.54. The van der Waals surface area contributed by atoms with Gasteiger partial charge in [-0.2, -0.15) is 0 Å². The van der Waals surface area contributed by atoms with Crippen LogP contribution in [0.2, 0.25) is 0 Å². The number of nitrogens with one attached hydrogen (secondary N) is 1. The molecule has 0 aliphatic carbocycles. The fourth-order valence-corrected chi connectivity index (χ4v) is 2.88. The quantitative estimate of drug-likeness (QED) is 0.674. The number of hydrogen-bond acceptors (Lipinski definition) is 4. The molecule has 1 aliphatic rings. The summed E-state index contributed by atoms with van der Waals surface area (Å²) in [6.07, 6.45) is 1.50. The highest BCUT2D eigenvalue weighted by Gasteiger charge is 2.52. The van der Waals surface area contributed by atoms with E-state index in [9.17, 15) is 4.79 Å². The molecule has 0 saturated carbocycles. The van der Waals surface area contributed by atoms with Crippen molar-refractivity contribution in [2.24, 2.45) is 0 Å². The van der Waals surface area contributed by atoms with Gasteiger partial charge in [0.1, 0.15) is 5.60 Å². The smallest absolute Gasteiger partial charge is 0.444 e. The van der Waals surface area contributed by atoms with Crippen molar-refractivity contribution < 1.29 is 18.8 Å². The van der Waals surface area contributed by atoms with Gasteiger partial charge in [0.15, 0.2) is 0 Å². The van der Waals surface area contributed by atoms with E-state index in [2.05, 4.69) is 21.2 Å². The lowest BCUT2D eigenvalue weighted by Crippen LogP contribution is -2.41. The van der Waals surface area contributed by atoms with E-state index in [0.717, 1.165) is 15.5 Å². The summed E-state index contributed by atoms with van der Waals surface area (Å²) in [5, 5.41) is 2.81. The van der Waals surface area contributed by atoms with Crippen LogP contribution in [0.15, 0.2) is 34.2 Å². The van der Waals surface area contributed by atoms with Gasteiger partial charge in [-0.25, -0.2) is 4.79 Å². The maximum absolute atomic E-state index is 12.1. The minimum atomic E-state index is -0.558. The monoisotopic (exact) mass is 437 g/mol. The van der Waals surface area contributed by atoms with Crippen LogP contribution >= 0.6 is 15.9 Å². The summed E-state index contributed by atoms with van der Waals surface area (Å²) in [5.41, 5.74) is 0.313. The lowest BCUT2D eigenvalue weighted by Gasteiger charge is -2.32. The summed E-state index contributed by atoms with van der Waals surface area (Å²) in [5.74, 6) is 0. The van der Waals surface area contributed by atoms with Crippen LogP contribution in [0.25, 0.3) is 6.08 Å². The first-order valence-electron chi connectivity index (χ1n) is 9.08. The molecule has 1 N–H and O–H groups in total. The van der Waals surface area contributed by atoms with E-state index in [0.29, 0.717) is 0 Å². The minimum Gasteiger partial charge on any atom is -0.444 e. The average Bonchev–Trinajstić information content (AvgIpc) is 2.71. The summed E-state index contributed by atoms with van der Waals surface area (Å²) >= 11 is 3.56. The molecule has 0 aromatic heterocycles. The first-order valence-corrected chi connectivity index (χ1v) is 9.87. The maximum atomic E-state index is 12.1. The summed E-state index contributed by atoms with van der Waals surface area (Å²) in [6.45, 7) is 13.8. The zero-order valence-corrected chi connectivity index (χ0v) is 18.8. The second-order valence-electron chi connectivity index (χ2n) is 8.68. The van der Waals surface area contributed by atoms with Gasteiger partial charge < -0.3 is 19.4 Å². The molecule has 7 heteroatoms. The topological polar surface area (TPSA) is 56.8 Å². The molecular formula is C20H29BBrNO4. The number of carbonyl (C=O) groups is 1. The molecule has 0 unspecified atom stereocenters. The number of rotatable bonds is 4. The van der Waals surface area contributed by atoms with Gasteiger partial charge in [0.2, 0.25) is 0 Å². The molecule has 1 saturated heterocycles. The van der Waals surface area contributed by atoms with Crippen LogP contribution in [0.1, 0.15) is 54.0 Å². The van der Waals surface area contributed by atoms with Crippen molar-refractivity contribution in [3.05, 3.63) is 39.8 Å². The maximum Gasteiger partial charge on any atom is 0.492 e. The Balaban J connectivity index is 2.25. The molecule has 0 atom stereocenters. The van der Waals surface area contributed by atoms with Crippen molar-refractivity contribution in [1.82, 2.24) is 5.32 Å². The predicted octanol–water partition coefficient (Wildman–Crippen LogP) is 4.99. The van der Waals surface area contributed by atoms with Crippen molar-refractivity contribution in [2.45, 2.75) is 65.3 Å². The molecule has 1 fully saturated rings. The second kappa shape index (κ2) is 7.98. The van der Waals surface area contributed by atoms with Crippen LogP contribution in [-0.4, -0.2) is 36.6 Å². The van der Waals surface area contributed by atoms with Crippen molar-refractivity contribution in [2.75, 3.05) is 6.54 Å². The van der Waals surface area contributed by atoms with E-state index in [4.69, 9.17) is 14.0 Å². The Morgan fingerprint density at radius 1 is 1.19 bits per heavy atom. The van der Waals surface area contributed by atoms with Gasteiger partial charge in [-0.15, -0.1) is 0 Å². The molecule has 1 aromatic carbocycles. The Morgan fingerprint density at radius 2 is 1.74 bits per heavy atom. The minimum absolute atomic E-state index is 0.257. The van der Waals surface area contributed by atoms with Gasteiger partial charge in [0.25, 0.3) is 0 Å². The van der Waals surface area contributed by atoms with Crippen LogP contribution in [0.3, 0.4) is 0 Å². The largest absolute Gasteiger partial charge is 0.492 e. The van der Waals surface area contributed by atoms with E-state index < -0.39 is 30.0 Å². The van der Waals surface area contributed by atoms with Crippen molar-refractivity contribution in [3.63, 3.8) is 0 Å². The first-order chi connectivity index (χ1) is 12.3. The molecule has 148 valence electrons. The van der Waals surface area contributed by atoms with Crippen LogP contribution in [0.4, 0.5) is 4.79 Å². The number of carbonyl (C=O) groups excluding carboxylic acids is 1. The number of ether oxygens (including phenoxy) is 1. The molecule has 0 radical (unpaired) electrons. The third kappa shape index (κ3) is 5.83. The van der Waals surface area contributed by atoms with E-state index in [-0.39, 0.29) is 6.54 Å². The summed E-state index contributed by atoms with van der Waals surface area (Å²) in [7, 11) is -0.558. The van der Waals surface area contributed by atoms with Crippen LogP contribution in [0.5, 0.6) is 0 Å². The predicted molar refractivity (Wildman–Crippen MR) is 112 cm³/mol. The number of amides is 1. The van der Waals surface area contributed by atoms with Gasteiger partial charge in [0.05, 0.1) is 11.2 Å². The molecular weight excluding hydrogens is 409 g/mol. The van der Waals surface area contributed by atoms with Crippen LogP contribution in [0, 0.1) is 0 Å². The molecule has 0 spiro atoms. The molecule has 5 nitrogen and oxygen atoms in total. The van der Waals surface area contributed by atoms with Crippen LogP contribution in [-0.2, 0) is 14.0 Å². The lowest BCUT2D eigenvalue weighted by molar-refractivity contribution is 0.00578. The van der Waals surface area contributed by atoms with E-state index >= 15 is 0 Å². The van der Waals surface area contributed by atoms with Gasteiger partial charge >= 0.3 is 13.2 Å². The molecule has 1 aliphatic heterocycles. The van der Waals surface area contributed by atoms with E-state index in [1.165, 1.54) is 0 Å². The molecule has 1 heterocycles. The van der Waals surface area contributed by atoms with E-state index in [1.54, 1.807) is 0 Å². The molecule has 1 aromatic rings. The third-order valence-electron chi connectivity index (χ3n) is 4.64. The Hall–Kier alpha value is -1.31. The zero-order valence-electron chi connectivity index (χ0n) is 17.2. The fourth-order valence-electron chi connectivity index (χ4n) is 2.48. The average molecular weight is 438 g/mol. The summed E-state index contributed by atoms with van der Waals surface area (Å²) in [4.78, 5) is 12.1. The van der Waals surface area contributed by atoms with Gasteiger partial charge in [0, 0.05) is 11.0 Å². The normalized spacial score (nSPS) is 19.1. The molecule has 27 heavy (non-hydrogen) atoms. The zero-order chi connectivity index (χ0) is 20.5. The van der Waals surface area contributed by atoms with Crippen LogP contribution < -0.4 is 5.32 Å².